The quantitative estimate of drug-likeness (QED) is 0.0239. The van der Waals surface area contributed by atoms with Gasteiger partial charge in [-0.2, -0.15) is 0 Å². The average Bonchev–Trinajstić information content (AvgIpc) is 3.20. The lowest BCUT2D eigenvalue weighted by atomic mass is 10.0. The maximum atomic E-state index is 12.1. The van der Waals surface area contributed by atoms with Crippen LogP contribution in [0.15, 0.2) is 36.5 Å². The van der Waals surface area contributed by atoms with E-state index >= 15 is 0 Å². The topological polar surface area (TPSA) is 131 Å². The zero-order chi connectivity index (χ0) is 41.8. The number of phosphoric ester groups is 1. The summed E-state index contributed by atoms with van der Waals surface area (Å²) in [4.78, 5) is 34.0. The number of unbranched alkanes of at least 4 members (excludes halogenated alkanes) is 25. The molecular formula is C47H88NO8P. The second-order valence-electron chi connectivity index (χ2n) is 15.7. The monoisotopic (exact) mass is 826 g/mol. The van der Waals surface area contributed by atoms with Crippen molar-refractivity contribution in [3.8, 4) is 0 Å². The molecule has 0 fully saturated rings. The van der Waals surface area contributed by atoms with Crippen LogP contribution >= 0.6 is 7.82 Å². The van der Waals surface area contributed by atoms with E-state index in [1.54, 1.807) is 0 Å². The molecule has 0 aliphatic rings. The lowest BCUT2D eigenvalue weighted by Gasteiger charge is -2.15. The third-order valence-corrected chi connectivity index (χ3v) is 11.0. The van der Waals surface area contributed by atoms with Gasteiger partial charge in [-0.1, -0.05) is 172 Å². The third kappa shape index (κ3) is 45.2. The van der Waals surface area contributed by atoms with E-state index in [1.165, 1.54) is 128 Å². The van der Waals surface area contributed by atoms with Gasteiger partial charge in [-0.3, -0.25) is 18.6 Å². The molecule has 10 heteroatoms. The fourth-order valence-electron chi connectivity index (χ4n) is 6.46. The second-order valence-corrected chi connectivity index (χ2v) is 17.2. The minimum absolute atomic E-state index is 0.0802. The number of rotatable bonds is 44. The van der Waals surface area contributed by atoms with Crippen molar-refractivity contribution in [1.29, 1.82) is 0 Å². The molecule has 334 valence electrons. The minimum atomic E-state index is -4.42. The first-order valence-electron chi connectivity index (χ1n) is 23.5. The molecule has 0 aliphatic heterocycles. The molecule has 0 saturated heterocycles. The first-order chi connectivity index (χ1) is 27.8. The molecule has 0 aliphatic carbocycles. The summed E-state index contributed by atoms with van der Waals surface area (Å²) in [6.45, 7) is 3.53. The number of hydrogen-bond acceptors (Lipinski definition) is 7. The predicted octanol–water partition coefficient (Wildman–Crippen LogP) is 13.3. The number of amides is 1. The highest BCUT2D eigenvalue weighted by atomic mass is 31.2. The minimum Gasteiger partial charge on any atom is -0.463 e. The molecule has 0 aromatic heterocycles. The maximum Gasteiger partial charge on any atom is 0.472 e. The molecular weight excluding hydrogens is 737 g/mol. The van der Waals surface area contributed by atoms with E-state index in [-0.39, 0.29) is 32.1 Å². The van der Waals surface area contributed by atoms with Crippen LogP contribution in [0.1, 0.15) is 219 Å². The summed E-state index contributed by atoms with van der Waals surface area (Å²) in [5.41, 5.74) is 0. The van der Waals surface area contributed by atoms with Gasteiger partial charge in [0.25, 0.3) is 0 Å². The Morgan fingerprint density at radius 1 is 0.544 bits per heavy atom. The van der Waals surface area contributed by atoms with Crippen molar-refractivity contribution in [2.24, 2.45) is 0 Å². The SMILES string of the molecule is CCCCC/C=C\C/C=C\CCCCCCCCCCCCCC(=O)NCCOP(=O)(O)OCC(O)COC(=O)CCCCCCC/C=C\CCCCCCCC. The number of ether oxygens (including phenoxy) is 1. The highest BCUT2D eigenvalue weighted by molar-refractivity contribution is 7.47. The van der Waals surface area contributed by atoms with E-state index < -0.39 is 26.5 Å². The van der Waals surface area contributed by atoms with E-state index in [2.05, 4.69) is 55.6 Å². The molecule has 0 spiro atoms. The Hall–Kier alpha value is -1.77. The molecule has 1 amide bonds. The molecule has 0 heterocycles. The number of aliphatic hydroxyl groups is 1. The summed E-state index contributed by atoms with van der Waals surface area (Å²) in [6, 6.07) is 0. The molecule has 2 atom stereocenters. The number of hydrogen-bond donors (Lipinski definition) is 3. The Morgan fingerprint density at radius 3 is 1.46 bits per heavy atom. The van der Waals surface area contributed by atoms with Crippen molar-refractivity contribution in [1.82, 2.24) is 5.32 Å². The highest BCUT2D eigenvalue weighted by Crippen LogP contribution is 2.42. The molecule has 0 radical (unpaired) electrons. The predicted molar refractivity (Wildman–Crippen MR) is 238 cm³/mol. The standard InChI is InChI=1S/C47H88NO8P/c1-3-5-7-9-11-13-15-17-19-20-21-22-23-24-26-27-29-31-33-35-37-39-46(50)48-41-42-55-57(52,53)56-44-45(49)43-54-47(51)40-38-36-34-32-30-28-25-18-16-14-12-10-8-6-4-2/h11,13,17-19,25,45,49H,3-10,12,14-16,20-24,26-44H2,1-2H3,(H,48,50)(H,52,53)/b13-11-,19-17-,25-18-. The summed E-state index contributed by atoms with van der Waals surface area (Å²) < 4.78 is 26.9. The highest BCUT2D eigenvalue weighted by Gasteiger charge is 2.23. The van der Waals surface area contributed by atoms with Crippen molar-refractivity contribution in [3.05, 3.63) is 36.5 Å². The van der Waals surface area contributed by atoms with Crippen molar-refractivity contribution in [2.45, 2.75) is 225 Å². The van der Waals surface area contributed by atoms with Crippen LogP contribution in [0.4, 0.5) is 0 Å². The van der Waals surface area contributed by atoms with Gasteiger partial charge < -0.3 is 20.1 Å². The zero-order valence-corrected chi connectivity index (χ0v) is 37.7. The van der Waals surface area contributed by atoms with Gasteiger partial charge in [0.05, 0.1) is 13.2 Å². The van der Waals surface area contributed by atoms with Crippen LogP contribution in [0.5, 0.6) is 0 Å². The summed E-state index contributed by atoms with van der Waals surface area (Å²) in [6.07, 6.45) is 49.3. The Kier molecular flexibility index (Phi) is 42.4. The molecule has 0 saturated carbocycles. The van der Waals surface area contributed by atoms with Crippen molar-refractivity contribution in [2.75, 3.05) is 26.4 Å². The largest absolute Gasteiger partial charge is 0.472 e. The van der Waals surface area contributed by atoms with Crippen LogP contribution in [0.25, 0.3) is 0 Å². The molecule has 3 N–H and O–H groups in total. The maximum absolute atomic E-state index is 12.1. The van der Waals surface area contributed by atoms with Gasteiger partial charge in [0, 0.05) is 19.4 Å². The molecule has 57 heavy (non-hydrogen) atoms. The fraction of sp³-hybridized carbons (Fsp3) is 0.830. The van der Waals surface area contributed by atoms with E-state index in [1.807, 2.05) is 0 Å². The van der Waals surface area contributed by atoms with Crippen LogP contribution in [-0.4, -0.2) is 54.3 Å². The number of aliphatic hydroxyl groups excluding tert-OH is 1. The Labute approximate surface area is 350 Å². The lowest BCUT2D eigenvalue weighted by Crippen LogP contribution is -2.27. The smallest absolute Gasteiger partial charge is 0.463 e. The molecule has 0 aromatic carbocycles. The number of esters is 1. The van der Waals surface area contributed by atoms with Crippen LogP contribution in [-0.2, 0) is 27.9 Å². The van der Waals surface area contributed by atoms with Gasteiger partial charge in [-0.15, -0.1) is 0 Å². The van der Waals surface area contributed by atoms with E-state index in [0.717, 1.165) is 64.2 Å². The molecule has 0 bridgehead atoms. The number of nitrogens with one attached hydrogen (secondary N) is 1. The van der Waals surface area contributed by atoms with Crippen LogP contribution in [0.3, 0.4) is 0 Å². The summed E-state index contributed by atoms with van der Waals surface area (Å²) in [7, 11) is -4.42. The third-order valence-electron chi connectivity index (χ3n) is 10.0. The van der Waals surface area contributed by atoms with Crippen LogP contribution in [0.2, 0.25) is 0 Å². The van der Waals surface area contributed by atoms with Gasteiger partial charge in [0.15, 0.2) is 0 Å². The Morgan fingerprint density at radius 2 is 0.947 bits per heavy atom. The molecule has 9 nitrogen and oxygen atoms in total. The van der Waals surface area contributed by atoms with Crippen LogP contribution < -0.4 is 5.32 Å². The van der Waals surface area contributed by atoms with Crippen LogP contribution in [0, 0.1) is 0 Å². The average molecular weight is 826 g/mol. The van der Waals surface area contributed by atoms with Gasteiger partial charge >= 0.3 is 13.8 Å². The van der Waals surface area contributed by atoms with E-state index in [4.69, 9.17) is 13.8 Å². The molecule has 0 aromatic rings. The summed E-state index contributed by atoms with van der Waals surface area (Å²) in [5.74, 6) is -0.523. The Bertz CT molecular complexity index is 1030. The van der Waals surface area contributed by atoms with Gasteiger partial charge in [-0.05, 0) is 70.6 Å². The van der Waals surface area contributed by atoms with Gasteiger partial charge in [-0.25, -0.2) is 4.57 Å². The Balaban J connectivity index is 3.57. The normalized spacial score (nSPS) is 13.5. The summed E-state index contributed by atoms with van der Waals surface area (Å²) >= 11 is 0. The second kappa shape index (κ2) is 43.8. The zero-order valence-electron chi connectivity index (χ0n) is 36.8. The van der Waals surface area contributed by atoms with Gasteiger partial charge in [0.1, 0.15) is 12.7 Å². The number of phosphoric acid groups is 1. The number of carbonyl (C=O) groups is 2. The van der Waals surface area contributed by atoms with E-state index in [9.17, 15) is 24.2 Å². The number of carbonyl (C=O) groups excluding carboxylic acids is 2. The van der Waals surface area contributed by atoms with Crippen molar-refractivity contribution in [3.63, 3.8) is 0 Å². The molecule has 0 rings (SSSR count). The fourth-order valence-corrected chi connectivity index (χ4v) is 7.22. The van der Waals surface area contributed by atoms with Gasteiger partial charge in [0.2, 0.25) is 5.91 Å². The molecule has 2 unspecified atom stereocenters. The van der Waals surface area contributed by atoms with E-state index in [0.29, 0.717) is 6.42 Å². The lowest BCUT2D eigenvalue weighted by molar-refractivity contribution is -0.147. The first-order valence-corrected chi connectivity index (χ1v) is 25.0. The summed E-state index contributed by atoms with van der Waals surface area (Å²) in [5, 5.41) is 12.7. The first kappa shape index (κ1) is 55.2. The van der Waals surface area contributed by atoms with Crippen molar-refractivity contribution >= 4 is 19.7 Å². The van der Waals surface area contributed by atoms with Crippen molar-refractivity contribution < 1.29 is 37.9 Å². The number of allylic oxidation sites excluding steroid dienone is 6.